The third-order valence-electron chi connectivity index (χ3n) is 3.07. The number of anilines is 1. The van der Waals surface area contributed by atoms with Gasteiger partial charge in [-0.25, -0.2) is 4.98 Å². The maximum Gasteiger partial charge on any atom is 0.203 e. The van der Waals surface area contributed by atoms with Crippen LogP contribution in [0.1, 0.15) is 11.1 Å². The van der Waals surface area contributed by atoms with Crippen molar-refractivity contribution in [3.05, 3.63) is 71.8 Å². The summed E-state index contributed by atoms with van der Waals surface area (Å²) in [6.45, 7) is 0. The Morgan fingerprint density at radius 1 is 0.905 bits per heavy atom. The van der Waals surface area contributed by atoms with Crippen LogP contribution >= 0.6 is 0 Å². The highest BCUT2D eigenvalue weighted by Crippen LogP contribution is 2.18. The molecule has 0 saturated carbocycles. The van der Waals surface area contributed by atoms with E-state index < -0.39 is 0 Å². The van der Waals surface area contributed by atoms with Crippen LogP contribution in [-0.4, -0.2) is 20.4 Å². The van der Waals surface area contributed by atoms with Gasteiger partial charge in [-0.2, -0.15) is 10.3 Å². The first-order valence-electron chi connectivity index (χ1n) is 6.66. The number of hydrogen-bond acceptors (Lipinski definition) is 4. The van der Waals surface area contributed by atoms with Gasteiger partial charge in [-0.05, 0) is 23.6 Å². The van der Waals surface area contributed by atoms with Crippen molar-refractivity contribution in [2.75, 3.05) is 5.73 Å². The summed E-state index contributed by atoms with van der Waals surface area (Å²) < 4.78 is 0. The highest BCUT2D eigenvalue weighted by Gasteiger charge is 2.08. The molecular formula is C16H15N5. The summed E-state index contributed by atoms with van der Waals surface area (Å²) in [5.74, 6) is 0.453. The van der Waals surface area contributed by atoms with Crippen molar-refractivity contribution >= 4 is 17.0 Å². The summed E-state index contributed by atoms with van der Waals surface area (Å²) in [6, 6.07) is 20.0. The van der Waals surface area contributed by atoms with Gasteiger partial charge in [0.25, 0.3) is 0 Å². The van der Waals surface area contributed by atoms with Gasteiger partial charge in [-0.3, -0.25) is 0 Å². The molecule has 1 aromatic carbocycles. The Kier molecular flexibility index (Phi) is 3.73. The third kappa shape index (κ3) is 3.14. The smallest absolute Gasteiger partial charge is 0.203 e. The van der Waals surface area contributed by atoms with Crippen LogP contribution < -0.4 is 5.73 Å². The number of nitrogens with one attached hydrogen (secondary N) is 1. The molecule has 0 aliphatic carbocycles. The van der Waals surface area contributed by atoms with Crippen molar-refractivity contribution in [2.24, 2.45) is 0 Å². The second-order valence-electron chi connectivity index (χ2n) is 4.63. The van der Waals surface area contributed by atoms with Gasteiger partial charge in [0.15, 0.2) is 0 Å². The molecule has 0 spiro atoms. The Morgan fingerprint density at radius 2 is 1.57 bits per heavy atom. The van der Waals surface area contributed by atoms with Crippen LogP contribution in [0.2, 0.25) is 0 Å². The standard InChI is InChI=1S/C16H15N5/c17-14-11-13(15-16(18-14)20-21-19-15)10-12-8-6-4-2-1-3-5-7-9-12/h1-9,11H,10H2,(H3,17,18,19,20,21). The van der Waals surface area contributed by atoms with E-state index in [0.29, 0.717) is 17.9 Å². The van der Waals surface area contributed by atoms with Gasteiger partial charge in [0.1, 0.15) is 11.3 Å². The Hall–Kier alpha value is -2.95. The summed E-state index contributed by atoms with van der Waals surface area (Å²) in [5, 5.41) is 10.7. The molecule has 0 aliphatic heterocycles. The Bertz CT molecular complexity index is 783. The van der Waals surface area contributed by atoms with Crippen molar-refractivity contribution in [1.29, 1.82) is 0 Å². The number of rotatable bonds is 2. The van der Waals surface area contributed by atoms with E-state index in [1.807, 2.05) is 48.5 Å². The molecule has 3 aromatic rings. The van der Waals surface area contributed by atoms with Gasteiger partial charge >= 0.3 is 0 Å². The topological polar surface area (TPSA) is 80.5 Å². The van der Waals surface area contributed by atoms with Gasteiger partial charge in [-0.1, -0.05) is 54.6 Å². The van der Waals surface area contributed by atoms with Gasteiger partial charge in [0, 0.05) is 0 Å². The van der Waals surface area contributed by atoms with Crippen LogP contribution in [0, 0.1) is 0 Å². The van der Waals surface area contributed by atoms with Gasteiger partial charge < -0.3 is 5.73 Å². The molecule has 0 unspecified atom stereocenters. The van der Waals surface area contributed by atoms with Crippen LogP contribution in [0.5, 0.6) is 0 Å². The molecule has 0 bridgehead atoms. The van der Waals surface area contributed by atoms with Crippen molar-refractivity contribution in [3.63, 3.8) is 0 Å². The van der Waals surface area contributed by atoms with Gasteiger partial charge in [0.2, 0.25) is 5.65 Å². The zero-order valence-electron chi connectivity index (χ0n) is 11.4. The average Bonchev–Trinajstić information content (AvgIpc) is 2.94. The first-order valence-corrected chi connectivity index (χ1v) is 6.66. The highest BCUT2D eigenvalue weighted by atomic mass is 15.3. The number of fused-ring (bicyclic) bond motifs is 1. The summed E-state index contributed by atoms with van der Waals surface area (Å²) in [6.07, 6.45) is 0.716. The molecule has 0 atom stereocenters. The van der Waals surface area contributed by atoms with E-state index in [9.17, 15) is 0 Å². The first kappa shape index (κ1) is 13.1. The number of aromatic nitrogens is 4. The lowest BCUT2D eigenvalue weighted by atomic mass is 10.1. The number of nitrogen functional groups attached to an aromatic ring is 1. The van der Waals surface area contributed by atoms with E-state index in [0.717, 1.165) is 16.6 Å². The maximum atomic E-state index is 5.83. The minimum Gasteiger partial charge on any atom is -0.384 e. The van der Waals surface area contributed by atoms with Crippen LogP contribution in [0.3, 0.4) is 0 Å². The predicted molar refractivity (Wildman–Crippen MR) is 83.0 cm³/mol. The van der Waals surface area contributed by atoms with Crippen LogP contribution in [-0.2, 0) is 6.42 Å². The van der Waals surface area contributed by atoms with E-state index in [1.165, 1.54) is 0 Å². The van der Waals surface area contributed by atoms with Gasteiger partial charge in [-0.15, -0.1) is 5.10 Å². The number of aromatic amines is 1. The first-order chi connectivity index (χ1) is 10.3. The predicted octanol–water partition coefficient (Wildman–Crippen LogP) is 2.65. The maximum absolute atomic E-state index is 5.83. The minimum absolute atomic E-state index is 0.453. The van der Waals surface area contributed by atoms with Crippen molar-refractivity contribution < 1.29 is 0 Å². The second kappa shape index (κ2) is 6.00. The van der Waals surface area contributed by atoms with Crippen molar-refractivity contribution in [2.45, 2.75) is 6.42 Å². The van der Waals surface area contributed by atoms with Gasteiger partial charge in [0.05, 0.1) is 0 Å². The molecule has 0 saturated heterocycles. The normalized spacial score (nSPS) is 10.3. The SMILES string of the molecule is Nc1cc(Cc2ccccccccc2)c2n[nH]nc2n1. The Morgan fingerprint density at radius 3 is 2.29 bits per heavy atom. The van der Waals surface area contributed by atoms with Crippen molar-refractivity contribution in [1.82, 2.24) is 20.4 Å². The zero-order valence-corrected chi connectivity index (χ0v) is 11.4. The average molecular weight is 277 g/mol. The number of nitrogens with two attached hydrogens (primary N) is 1. The Labute approximate surface area is 122 Å². The Balaban J connectivity index is 2.04. The molecule has 2 aromatic heterocycles. The molecular weight excluding hydrogens is 262 g/mol. The molecule has 3 rings (SSSR count). The van der Waals surface area contributed by atoms with E-state index >= 15 is 0 Å². The summed E-state index contributed by atoms with van der Waals surface area (Å²) in [4.78, 5) is 4.15. The molecule has 0 aliphatic rings. The minimum atomic E-state index is 0.453. The lowest BCUT2D eigenvalue weighted by Gasteiger charge is -2.02. The van der Waals surface area contributed by atoms with E-state index in [4.69, 9.17) is 5.73 Å². The molecule has 3 N–H and O–H groups in total. The molecule has 0 fully saturated rings. The molecule has 21 heavy (non-hydrogen) atoms. The molecule has 104 valence electrons. The van der Waals surface area contributed by atoms with Crippen molar-refractivity contribution in [3.8, 4) is 0 Å². The molecule has 5 heteroatoms. The summed E-state index contributed by atoms with van der Waals surface area (Å²) in [7, 11) is 0. The monoisotopic (exact) mass is 277 g/mol. The van der Waals surface area contributed by atoms with E-state index in [1.54, 1.807) is 0 Å². The van der Waals surface area contributed by atoms with Crippen LogP contribution in [0.25, 0.3) is 11.2 Å². The third-order valence-corrected chi connectivity index (χ3v) is 3.07. The lowest BCUT2D eigenvalue weighted by molar-refractivity contribution is 0.953. The highest BCUT2D eigenvalue weighted by molar-refractivity contribution is 5.76. The van der Waals surface area contributed by atoms with Crippen LogP contribution in [0.4, 0.5) is 5.82 Å². The second-order valence-corrected chi connectivity index (χ2v) is 4.63. The van der Waals surface area contributed by atoms with E-state index in [-0.39, 0.29) is 0 Å². The largest absolute Gasteiger partial charge is 0.384 e. The molecule has 0 radical (unpaired) electrons. The van der Waals surface area contributed by atoms with Crippen LogP contribution in [0.15, 0.2) is 60.7 Å². The summed E-state index contributed by atoms with van der Waals surface area (Å²) in [5.41, 5.74) is 9.29. The molecule has 0 amide bonds. The number of H-pyrrole nitrogens is 1. The van der Waals surface area contributed by atoms with E-state index in [2.05, 4.69) is 32.5 Å². The fourth-order valence-electron chi connectivity index (χ4n) is 2.13. The lowest BCUT2D eigenvalue weighted by Crippen LogP contribution is -1.96. The number of hydrogen-bond donors (Lipinski definition) is 2. The molecule has 5 nitrogen and oxygen atoms in total. The number of pyridine rings is 1. The fraction of sp³-hybridized carbons (Fsp3) is 0.0625. The fourth-order valence-corrected chi connectivity index (χ4v) is 2.13. The zero-order chi connectivity index (χ0) is 14.5. The number of nitrogens with zero attached hydrogens (tertiary/aromatic N) is 3. The molecule has 2 heterocycles. The summed E-state index contributed by atoms with van der Waals surface area (Å²) >= 11 is 0. The quantitative estimate of drug-likeness (QED) is 0.754.